The van der Waals surface area contributed by atoms with Gasteiger partial charge < -0.3 is 9.64 Å². The number of piperidine rings is 1. The summed E-state index contributed by atoms with van der Waals surface area (Å²) in [5, 5.41) is 7.53. The number of aromatic amines is 1. The van der Waals surface area contributed by atoms with Crippen molar-refractivity contribution in [3.05, 3.63) is 48.5 Å². The van der Waals surface area contributed by atoms with Gasteiger partial charge >= 0.3 is 6.36 Å². The predicted molar refractivity (Wildman–Crippen MR) is 111 cm³/mol. The number of carbonyl (C=O) groups is 1. The van der Waals surface area contributed by atoms with E-state index >= 15 is 0 Å². The lowest BCUT2D eigenvalue weighted by molar-refractivity contribution is -0.274. The highest BCUT2D eigenvalue weighted by Gasteiger charge is 2.32. The fourth-order valence-electron chi connectivity index (χ4n) is 4.04. The van der Waals surface area contributed by atoms with Crippen LogP contribution in [-0.4, -0.2) is 50.4 Å². The van der Waals surface area contributed by atoms with E-state index in [1.807, 2.05) is 11.8 Å². The van der Waals surface area contributed by atoms with Gasteiger partial charge in [0, 0.05) is 48.4 Å². The number of benzene rings is 1. The van der Waals surface area contributed by atoms with Crippen LogP contribution in [0.3, 0.4) is 0 Å². The first-order valence-electron chi connectivity index (χ1n) is 10.3. The predicted octanol–water partition coefficient (Wildman–Crippen LogP) is 4.55. The molecule has 0 radical (unpaired) electrons. The molecule has 3 aromatic rings. The molecule has 0 atom stereocenters. The first-order chi connectivity index (χ1) is 15.4. The molecule has 1 aliphatic rings. The fraction of sp³-hybridized carbons (Fsp3) is 0.364. The molecule has 2 aromatic heterocycles. The Balaban J connectivity index is 1.70. The van der Waals surface area contributed by atoms with Crippen molar-refractivity contribution in [3.63, 3.8) is 0 Å². The molecule has 168 valence electrons. The molecule has 0 spiro atoms. The Kier molecular flexibility index (Phi) is 6.11. The maximum atomic E-state index is 12.7. The lowest BCUT2D eigenvalue weighted by Crippen LogP contribution is -2.37. The Bertz CT molecular complexity index is 1080. The van der Waals surface area contributed by atoms with Crippen LogP contribution in [0.4, 0.5) is 13.2 Å². The van der Waals surface area contributed by atoms with Crippen LogP contribution in [0.25, 0.3) is 22.5 Å². The number of H-pyrrole nitrogens is 1. The second-order valence-corrected chi connectivity index (χ2v) is 7.54. The summed E-state index contributed by atoms with van der Waals surface area (Å²) in [4.78, 5) is 22.2. The van der Waals surface area contributed by atoms with Gasteiger partial charge in [-0.2, -0.15) is 5.10 Å². The number of nitrogens with one attached hydrogen (secondary N) is 1. The quantitative estimate of drug-likeness (QED) is 0.623. The number of ether oxygens (including phenoxy) is 1. The number of carbonyl (C=O) groups excluding carboxylic acids is 1. The van der Waals surface area contributed by atoms with Crippen molar-refractivity contribution in [2.24, 2.45) is 0 Å². The van der Waals surface area contributed by atoms with Gasteiger partial charge in [0.1, 0.15) is 17.8 Å². The van der Waals surface area contributed by atoms with Crippen LogP contribution in [0.1, 0.15) is 37.8 Å². The van der Waals surface area contributed by atoms with E-state index in [4.69, 9.17) is 0 Å². The number of aromatic nitrogens is 4. The standard InChI is InChI=1S/C22H22F3N5O2/c1-2-18(31)30-10-7-14(8-11-30)20-19(17-6-9-26-13-27-17)21(29-28-20)15-4-3-5-16(12-15)32-22(23,24)25/h3-6,9,12-14H,2,7-8,10-11H2,1H3,(H,28,29). The van der Waals surface area contributed by atoms with Gasteiger partial charge in [-0.25, -0.2) is 9.97 Å². The number of likely N-dealkylation sites (tertiary alicyclic amines) is 1. The van der Waals surface area contributed by atoms with E-state index in [0.717, 1.165) is 24.1 Å². The molecule has 0 unspecified atom stereocenters. The van der Waals surface area contributed by atoms with Crippen molar-refractivity contribution in [1.29, 1.82) is 0 Å². The maximum Gasteiger partial charge on any atom is 0.573 e. The molecule has 1 saturated heterocycles. The van der Waals surface area contributed by atoms with E-state index in [0.29, 0.717) is 36.5 Å². The smallest absolute Gasteiger partial charge is 0.406 e. The lowest BCUT2D eigenvalue weighted by Gasteiger charge is -2.31. The maximum absolute atomic E-state index is 12.7. The number of hydrogen-bond donors (Lipinski definition) is 1. The van der Waals surface area contributed by atoms with Gasteiger partial charge in [-0.3, -0.25) is 9.89 Å². The minimum atomic E-state index is -4.78. The van der Waals surface area contributed by atoms with E-state index in [9.17, 15) is 18.0 Å². The number of amides is 1. The van der Waals surface area contributed by atoms with Gasteiger partial charge in [-0.15, -0.1) is 13.2 Å². The van der Waals surface area contributed by atoms with Crippen molar-refractivity contribution in [3.8, 4) is 28.3 Å². The van der Waals surface area contributed by atoms with Gasteiger partial charge in [0.05, 0.1) is 5.69 Å². The Labute approximate surface area is 182 Å². The molecule has 0 bridgehead atoms. The van der Waals surface area contributed by atoms with E-state index in [1.54, 1.807) is 18.3 Å². The van der Waals surface area contributed by atoms with Crippen LogP contribution in [0.15, 0.2) is 42.9 Å². The second-order valence-electron chi connectivity index (χ2n) is 7.54. The van der Waals surface area contributed by atoms with E-state index in [2.05, 4.69) is 24.9 Å². The summed E-state index contributed by atoms with van der Waals surface area (Å²) in [6, 6.07) is 7.46. The summed E-state index contributed by atoms with van der Waals surface area (Å²) >= 11 is 0. The number of alkyl halides is 3. The SMILES string of the molecule is CCC(=O)N1CCC(c2[nH]nc(-c3cccc(OC(F)(F)F)c3)c2-c2ccncn2)CC1. The largest absolute Gasteiger partial charge is 0.573 e. The summed E-state index contributed by atoms with van der Waals surface area (Å²) in [6.07, 6.45) is 0.220. The molecule has 7 nitrogen and oxygen atoms in total. The zero-order valence-corrected chi connectivity index (χ0v) is 17.4. The highest BCUT2D eigenvalue weighted by atomic mass is 19.4. The molecule has 4 rings (SSSR count). The zero-order chi connectivity index (χ0) is 22.7. The summed E-state index contributed by atoms with van der Waals surface area (Å²) in [6.45, 7) is 3.13. The van der Waals surface area contributed by atoms with Crippen molar-refractivity contribution < 1.29 is 22.7 Å². The van der Waals surface area contributed by atoms with Crippen LogP contribution in [0.5, 0.6) is 5.75 Å². The highest BCUT2D eigenvalue weighted by Crippen LogP contribution is 2.40. The summed E-state index contributed by atoms with van der Waals surface area (Å²) in [5.74, 6) is -0.0810. The van der Waals surface area contributed by atoms with Crippen LogP contribution in [-0.2, 0) is 4.79 Å². The molecular formula is C22H22F3N5O2. The number of halogens is 3. The topological polar surface area (TPSA) is 84.0 Å². The lowest BCUT2D eigenvalue weighted by atomic mass is 9.88. The molecule has 0 aliphatic carbocycles. The van der Waals surface area contributed by atoms with Crippen LogP contribution in [0.2, 0.25) is 0 Å². The van der Waals surface area contributed by atoms with Gasteiger partial charge in [0.15, 0.2) is 0 Å². The summed E-state index contributed by atoms with van der Waals surface area (Å²) in [7, 11) is 0. The van der Waals surface area contributed by atoms with Crippen molar-refractivity contribution >= 4 is 5.91 Å². The molecule has 10 heteroatoms. The van der Waals surface area contributed by atoms with Crippen LogP contribution < -0.4 is 4.74 Å². The number of rotatable bonds is 5. The first-order valence-corrected chi connectivity index (χ1v) is 10.3. The fourth-order valence-corrected chi connectivity index (χ4v) is 4.04. The minimum absolute atomic E-state index is 0.108. The van der Waals surface area contributed by atoms with E-state index in [1.165, 1.54) is 24.5 Å². The Morgan fingerprint density at radius 2 is 2.03 bits per heavy atom. The van der Waals surface area contributed by atoms with E-state index < -0.39 is 6.36 Å². The van der Waals surface area contributed by atoms with Crippen molar-refractivity contribution in [2.45, 2.75) is 38.5 Å². The van der Waals surface area contributed by atoms with Gasteiger partial charge in [0.25, 0.3) is 0 Å². The van der Waals surface area contributed by atoms with Crippen LogP contribution in [0, 0.1) is 0 Å². The highest BCUT2D eigenvalue weighted by molar-refractivity contribution is 5.81. The van der Waals surface area contributed by atoms with E-state index in [-0.39, 0.29) is 17.6 Å². The average Bonchev–Trinajstić information content (AvgIpc) is 3.23. The minimum Gasteiger partial charge on any atom is -0.406 e. The number of nitrogens with zero attached hydrogens (tertiary/aromatic N) is 4. The second kappa shape index (κ2) is 8.97. The molecule has 1 fully saturated rings. The molecule has 3 heterocycles. The summed E-state index contributed by atoms with van der Waals surface area (Å²) in [5.41, 5.74) is 3.15. The Morgan fingerprint density at radius 1 is 1.25 bits per heavy atom. The molecule has 0 saturated carbocycles. The molecule has 32 heavy (non-hydrogen) atoms. The van der Waals surface area contributed by atoms with Gasteiger partial charge in [-0.1, -0.05) is 19.1 Å². The normalized spacial score (nSPS) is 15.1. The number of hydrogen-bond acceptors (Lipinski definition) is 5. The first kappa shape index (κ1) is 21.8. The molecule has 1 amide bonds. The van der Waals surface area contributed by atoms with Crippen molar-refractivity contribution in [1.82, 2.24) is 25.1 Å². The third-order valence-electron chi connectivity index (χ3n) is 5.53. The third-order valence-corrected chi connectivity index (χ3v) is 5.53. The summed E-state index contributed by atoms with van der Waals surface area (Å²) < 4.78 is 42.2. The van der Waals surface area contributed by atoms with Gasteiger partial charge in [0.2, 0.25) is 5.91 Å². The molecule has 1 N–H and O–H groups in total. The monoisotopic (exact) mass is 445 g/mol. The third kappa shape index (κ3) is 4.74. The molecular weight excluding hydrogens is 423 g/mol. The Hall–Kier alpha value is -3.43. The Morgan fingerprint density at radius 3 is 2.69 bits per heavy atom. The van der Waals surface area contributed by atoms with Crippen molar-refractivity contribution in [2.75, 3.05) is 13.1 Å². The van der Waals surface area contributed by atoms with Crippen LogP contribution >= 0.6 is 0 Å². The molecule has 1 aromatic carbocycles. The zero-order valence-electron chi connectivity index (χ0n) is 17.4. The average molecular weight is 445 g/mol. The molecule has 1 aliphatic heterocycles. The van der Waals surface area contributed by atoms with Gasteiger partial charge in [-0.05, 0) is 31.0 Å².